The summed E-state index contributed by atoms with van der Waals surface area (Å²) in [6.07, 6.45) is 0. The number of hydrogen-bond acceptors (Lipinski definition) is 3. The quantitative estimate of drug-likeness (QED) is 0.301. The molecule has 106 valence electrons. The van der Waals surface area contributed by atoms with Crippen molar-refractivity contribution in [1.29, 1.82) is 0 Å². The molecule has 0 spiro atoms. The van der Waals surface area contributed by atoms with Crippen LogP contribution in [0.4, 0.5) is 0 Å². The van der Waals surface area contributed by atoms with Gasteiger partial charge in [0, 0.05) is 25.0 Å². The minimum absolute atomic E-state index is 1.33. The maximum Gasteiger partial charge on any atom is 0.0542 e. The molecule has 0 nitrogen and oxygen atoms in total. The molecule has 0 aliphatic rings. The van der Waals surface area contributed by atoms with E-state index >= 15 is 0 Å². The van der Waals surface area contributed by atoms with Gasteiger partial charge in [0.1, 0.15) is 0 Å². The predicted octanol–water partition coefficient (Wildman–Crippen LogP) is 7.31. The molecule has 3 heteroatoms. The number of thiophene rings is 3. The third kappa shape index (κ3) is 1.80. The van der Waals surface area contributed by atoms with Crippen LogP contribution in [-0.2, 0) is 0 Å². The monoisotopic (exact) mass is 336 g/mol. The lowest BCUT2D eigenvalue weighted by molar-refractivity contribution is 1.52. The Bertz CT molecular complexity index is 1120. The highest BCUT2D eigenvalue weighted by Gasteiger charge is 2.12. The molecule has 0 N–H and O–H groups in total. The lowest BCUT2D eigenvalue weighted by Crippen LogP contribution is -1.70. The van der Waals surface area contributed by atoms with Crippen LogP contribution in [0, 0.1) is 6.92 Å². The smallest absolute Gasteiger partial charge is 0.0542 e. The normalized spacial score (nSPS) is 11.9. The minimum atomic E-state index is 1.33. The van der Waals surface area contributed by atoms with E-state index in [1.54, 1.807) is 11.3 Å². The van der Waals surface area contributed by atoms with E-state index in [-0.39, 0.29) is 0 Å². The molecule has 0 saturated carbocycles. The van der Waals surface area contributed by atoms with E-state index in [2.05, 4.69) is 60.8 Å². The van der Waals surface area contributed by atoms with Gasteiger partial charge in [0.25, 0.3) is 0 Å². The first-order chi connectivity index (χ1) is 10.8. The van der Waals surface area contributed by atoms with Crippen molar-refractivity contribution in [1.82, 2.24) is 0 Å². The molecule has 0 aliphatic heterocycles. The fourth-order valence-corrected chi connectivity index (χ4v) is 6.47. The summed E-state index contributed by atoms with van der Waals surface area (Å²) >= 11 is 5.66. The molecule has 0 radical (unpaired) electrons. The van der Waals surface area contributed by atoms with Gasteiger partial charge in [0.05, 0.1) is 9.40 Å². The van der Waals surface area contributed by atoms with E-state index in [0.717, 1.165) is 0 Å². The van der Waals surface area contributed by atoms with Gasteiger partial charge in [0.15, 0.2) is 0 Å². The Balaban J connectivity index is 1.83. The van der Waals surface area contributed by atoms with Crippen LogP contribution in [0.25, 0.3) is 40.0 Å². The summed E-state index contributed by atoms with van der Waals surface area (Å²) in [7, 11) is 0. The van der Waals surface area contributed by atoms with Crippen molar-refractivity contribution in [3.63, 3.8) is 0 Å². The Morgan fingerprint density at radius 2 is 1.50 bits per heavy atom. The van der Waals surface area contributed by atoms with Gasteiger partial charge in [-0.15, -0.1) is 34.0 Å². The topological polar surface area (TPSA) is 0 Å². The van der Waals surface area contributed by atoms with Crippen molar-refractivity contribution in [3.8, 4) is 10.4 Å². The lowest BCUT2D eigenvalue weighted by Gasteiger charge is -1.97. The second kappa shape index (κ2) is 4.66. The zero-order valence-electron chi connectivity index (χ0n) is 11.9. The van der Waals surface area contributed by atoms with E-state index in [1.165, 1.54) is 45.6 Å². The highest BCUT2D eigenvalue weighted by Crippen LogP contribution is 2.45. The van der Waals surface area contributed by atoms with Crippen molar-refractivity contribution < 1.29 is 0 Å². The molecule has 3 heterocycles. The Morgan fingerprint density at radius 1 is 0.773 bits per heavy atom. The first kappa shape index (κ1) is 12.8. The molecule has 0 aliphatic carbocycles. The van der Waals surface area contributed by atoms with Crippen LogP contribution in [-0.4, -0.2) is 0 Å². The van der Waals surface area contributed by atoms with Crippen LogP contribution >= 0.6 is 34.0 Å². The van der Waals surface area contributed by atoms with Crippen molar-refractivity contribution in [2.24, 2.45) is 0 Å². The molecule has 22 heavy (non-hydrogen) atoms. The number of aryl methyl sites for hydroxylation is 1. The molecule has 5 rings (SSSR count). The van der Waals surface area contributed by atoms with Crippen molar-refractivity contribution in [2.45, 2.75) is 6.92 Å². The fraction of sp³-hybridized carbons (Fsp3) is 0.0526. The largest absolute Gasteiger partial charge is 0.144 e. The Morgan fingerprint density at radius 3 is 2.23 bits per heavy atom. The summed E-state index contributed by atoms with van der Waals surface area (Å²) in [5.41, 5.74) is 2.67. The SMILES string of the molecule is Cc1ccc2c(c1)sc1c3ccc(-c4cccs4)cc3sc21. The zero-order valence-corrected chi connectivity index (χ0v) is 14.4. The standard InChI is InChI=1S/C19H12S3/c1-11-4-6-13-16(9-11)21-19-14-7-5-12(15-3-2-8-20-15)10-17(14)22-18(13)19/h2-10H,1H3. The number of benzene rings is 2. The first-order valence-electron chi connectivity index (χ1n) is 7.19. The van der Waals surface area contributed by atoms with Gasteiger partial charge < -0.3 is 0 Å². The van der Waals surface area contributed by atoms with Gasteiger partial charge in [-0.1, -0.05) is 30.3 Å². The summed E-state index contributed by atoms with van der Waals surface area (Å²) in [6, 6.07) is 18.0. The molecule has 0 bridgehead atoms. The first-order valence-corrected chi connectivity index (χ1v) is 9.70. The van der Waals surface area contributed by atoms with Crippen molar-refractivity contribution in [3.05, 3.63) is 59.5 Å². The Hall–Kier alpha value is -1.68. The average molecular weight is 337 g/mol. The van der Waals surface area contributed by atoms with E-state index in [0.29, 0.717) is 0 Å². The fourth-order valence-electron chi connectivity index (χ4n) is 2.96. The van der Waals surface area contributed by atoms with Gasteiger partial charge in [0.2, 0.25) is 0 Å². The van der Waals surface area contributed by atoms with Gasteiger partial charge in [-0.3, -0.25) is 0 Å². The van der Waals surface area contributed by atoms with Gasteiger partial charge in [-0.25, -0.2) is 0 Å². The number of rotatable bonds is 1. The van der Waals surface area contributed by atoms with Crippen LogP contribution < -0.4 is 0 Å². The van der Waals surface area contributed by atoms with Crippen LogP contribution in [0.1, 0.15) is 5.56 Å². The summed E-state index contributed by atoms with van der Waals surface area (Å²) in [5.74, 6) is 0. The van der Waals surface area contributed by atoms with Gasteiger partial charge >= 0.3 is 0 Å². The van der Waals surface area contributed by atoms with Crippen molar-refractivity contribution in [2.75, 3.05) is 0 Å². The number of fused-ring (bicyclic) bond motifs is 5. The third-order valence-corrected chi connectivity index (χ3v) is 7.46. The number of hydrogen-bond donors (Lipinski definition) is 0. The molecule has 0 fully saturated rings. The Kier molecular flexibility index (Phi) is 2.71. The molecule has 5 aromatic rings. The maximum atomic E-state index is 2.35. The van der Waals surface area contributed by atoms with E-state index in [4.69, 9.17) is 0 Å². The highest BCUT2D eigenvalue weighted by molar-refractivity contribution is 7.36. The molecule has 3 aromatic heterocycles. The van der Waals surface area contributed by atoms with E-state index in [9.17, 15) is 0 Å². The third-order valence-electron chi connectivity index (χ3n) is 4.04. The highest BCUT2D eigenvalue weighted by atomic mass is 32.1. The van der Waals surface area contributed by atoms with Crippen LogP contribution in [0.15, 0.2) is 53.9 Å². The zero-order chi connectivity index (χ0) is 14.7. The van der Waals surface area contributed by atoms with Crippen LogP contribution in [0.2, 0.25) is 0 Å². The Labute approximate surface area is 140 Å². The minimum Gasteiger partial charge on any atom is -0.144 e. The summed E-state index contributed by atoms with van der Waals surface area (Å²) in [6.45, 7) is 2.17. The average Bonchev–Trinajstić information content (AvgIpc) is 3.20. The summed E-state index contributed by atoms with van der Waals surface area (Å²) in [5, 5.41) is 4.95. The molecule has 0 unspecified atom stereocenters. The van der Waals surface area contributed by atoms with Crippen LogP contribution in [0.3, 0.4) is 0 Å². The molecule has 0 saturated heterocycles. The van der Waals surface area contributed by atoms with Gasteiger partial charge in [-0.05, 0) is 41.6 Å². The van der Waals surface area contributed by atoms with E-state index in [1.807, 2.05) is 22.7 Å². The molecular weight excluding hydrogens is 324 g/mol. The summed E-state index contributed by atoms with van der Waals surface area (Å²) < 4.78 is 5.69. The molecule has 2 aromatic carbocycles. The molecule has 0 amide bonds. The van der Waals surface area contributed by atoms with E-state index < -0.39 is 0 Å². The van der Waals surface area contributed by atoms with Crippen LogP contribution in [0.5, 0.6) is 0 Å². The van der Waals surface area contributed by atoms with Gasteiger partial charge in [-0.2, -0.15) is 0 Å². The summed E-state index contributed by atoms with van der Waals surface area (Å²) in [4.78, 5) is 1.35. The second-order valence-electron chi connectivity index (χ2n) is 5.55. The molecular formula is C19H12S3. The predicted molar refractivity (Wildman–Crippen MR) is 103 cm³/mol. The second-order valence-corrected chi connectivity index (χ2v) is 8.60. The lowest BCUT2D eigenvalue weighted by atomic mass is 10.1. The maximum absolute atomic E-state index is 2.35. The van der Waals surface area contributed by atoms with Crippen molar-refractivity contribution >= 4 is 63.6 Å². The molecule has 0 atom stereocenters.